The third-order valence-corrected chi connectivity index (χ3v) is 3.75. The largest absolute Gasteiger partial charge is 0.316 e. The van der Waals surface area contributed by atoms with Crippen LogP contribution < -0.4 is 5.32 Å². The van der Waals surface area contributed by atoms with Crippen LogP contribution in [-0.2, 0) is 6.54 Å². The summed E-state index contributed by atoms with van der Waals surface area (Å²) in [5.41, 5.74) is 3.11. The topological polar surface area (TPSA) is 28.2 Å². The molecular formula is C15H29N3S. The van der Waals surface area contributed by atoms with E-state index in [2.05, 4.69) is 41.5 Å². The molecule has 3 nitrogen and oxygen atoms in total. The second-order valence-electron chi connectivity index (χ2n) is 5.73. The molecule has 1 heterocycles. The molecule has 4 heteroatoms. The van der Waals surface area contributed by atoms with Gasteiger partial charge in [0.25, 0.3) is 0 Å². The Hall–Kier alpha value is -0.450. The van der Waals surface area contributed by atoms with E-state index in [0.29, 0.717) is 0 Å². The molecule has 0 saturated heterocycles. The van der Waals surface area contributed by atoms with Crippen molar-refractivity contribution < 1.29 is 0 Å². The number of nitrogens with zero attached hydrogens (tertiary/aromatic N) is 2. The Kier molecular flexibility index (Phi) is 9.05. The fourth-order valence-corrected chi connectivity index (χ4v) is 2.60. The molecule has 0 aliphatic heterocycles. The van der Waals surface area contributed by atoms with Gasteiger partial charge in [0.1, 0.15) is 0 Å². The van der Waals surface area contributed by atoms with Crippen molar-refractivity contribution >= 4 is 11.3 Å². The first-order valence-corrected chi connectivity index (χ1v) is 8.39. The van der Waals surface area contributed by atoms with Gasteiger partial charge in [-0.1, -0.05) is 26.7 Å². The molecule has 1 N–H and O–H groups in total. The lowest BCUT2D eigenvalue weighted by Crippen LogP contribution is -2.21. The van der Waals surface area contributed by atoms with Crippen molar-refractivity contribution in [2.45, 2.75) is 46.1 Å². The van der Waals surface area contributed by atoms with Crippen LogP contribution in [0.15, 0.2) is 10.9 Å². The van der Waals surface area contributed by atoms with Crippen LogP contribution in [0.2, 0.25) is 0 Å². The first kappa shape index (κ1) is 16.6. The highest BCUT2D eigenvalue weighted by atomic mass is 32.1. The molecule has 0 aliphatic carbocycles. The van der Waals surface area contributed by atoms with Crippen LogP contribution in [0.3, 0.4) is 0 Å². The van der Waals surface area contributed by atoms with Gasteiger partial charge in [-0.2, -0.15) is 0 Å². The molecular weight excluding hydrogens is 254 g/mol. The Morgan fingerprint density at radius 3 is 2.74 bits per heavy atom. The lowest BCUT2D eigenvalue weighted by atomic mass is 10.1. The van der Waals surface area contributed by atoms with Gasteiger partial charge in [-0.15, -0.1) is 11.3 Å². The zero-order valence-electron chi connectivity index (χ0n) is 12.7. The molecule has 0 spiro atoms. The molecule has 0 bridgehead atoms. The van der Waals surface area contributed by atoms with Gasteiger partial charge in [0.2, 0.25) is 0 Å². The number of rotatable bonds is 11. The van der Waals surface area contributed by atoms with E-state index in [1.54, 1.807) is 11.3 Å². The Balaban J connectivity index is 1.87. The molecule has 0 aliphatic rings. The van der Waals surface area contributed by atoms with Gasteiger partial charge in [0.15, 0.2) is 0 Å². The number of hydrogen-bond donors (Lipinski definition) is 1. The first-order valence-electron chi connectivity index (χ1n) is 7.45. The molecule has 0 atom stereocenters. The molecule has 0 amide bonds. The van der Waals surface area contributed by atoms with Crippen LogP contribution in [0, 0.1) is 5.92 Å². The maximum atomic E-state index is 4.32. The predicted octanol–water partition coefficient (Wildman–Crippen LogP) is 3.38. The lowest BCUT2D eigenvalue weighted by Gasteiger charge is -2.14. The molecule has 19 heavy (non-hydrogen) atoms. The lowest BCUT2D eigenvalue weighted by molar-refractivity contribution is 0.313. The number of aromatic nitrogens is 1. The fraction of sp³-hybridized carbons (Fsp3) is 0.800. The Morgan fingerprint density at radius 2 is 2.05 bits per heavy atom. The molecule has 1 aromatic heterocycles. The summed E-state index contributed by atoms with van der Waals surface area (Å²) in [6.45, 7) is 9.00. The molecule has 1 aromatic rings. The quantitative estimate of drug-likeness (QED) is 0.631. The molecule has 0 aromatic carbocycles. The van der Waals surface area contributed by atoms with Gasteiger partial charge in [-0.25, -0.2) is 4.98 Å². The van der Waals surface area contributed by atoms with Gasteiger partial charge in [0.05, 0.1) is 11.2 Å². The molecule has 0 fully saturated rings. The van der Waals surface area contributed by atoms with Crippen molar-refractivity contribution in [3.63, 3.8) is 0 Å². The minimum atomic E-state index is 0.763. The Bertz CT molecular complexity index is 298. The Morgan fingerprint density at radius 1 is 1.26 bits per heavy atom. The monoisotopic (exact) mass is 283 g/mol. The number of nitrogens with one attached hydrogen (secondary N) is 1. The van der Waals surface area contributed by atoms with Crippen LogP contribution >= 0.6 is 11.3 Å². The first-order chi connectivity index (χ1) is 9.18. The second-order valence-corrected chi connectivity index (χ2v) is 6.45. The minimum Gasteiger partial charge on any atom is -0.316 e. The van der Waals surface area contributed by atoms with Crippen molar-refractivity contribution in [1.82, 2.24) is 15.2 Å². The van der Waals surface area contributed by atoms with Crippen LogP contribution in [0.1, 0.15) is 45.2 Å². The molecule has 0 radical (unpaired) electrons. The fourth-order valence-electron chi connectivity index (χ4n) is 2.05. The summed E-state index contributed by atoms with van der Waals surface area (Å²) in [6, 6.07) is 0. The summed E-state index contributed by atoms with van der Waals surface area (Å²) in [5, 5.41) is 5.63. The zero-order valence-corrected chi connectivity index (χ0v) is 13.5. The van der Waals surface area contributed by atoms with E-state index >= 15 is 0 Å². The van der Waals surface area contributed by atoms with Crippen molar-refractivity contribution in [3.8, 4) is 0 Å². The number of hydrogen-bond acceptors (Lipinski definition) is 4. The van der Waals surface area contributed by atoms with Crippen LogP contribution in [0.25, 0.3) is 0 Å². The van der Waals surface area contributed by atoms with Gasteiger partial charge >= 0.3 is 0 Å². The van der Waals surface area contributed by atoms with E-state index < -0.39 is 0 Å². The maximum absolute atomic E-state index is 4.32. The summed E-state index contributed by atoms with van der Waals surface area (Å²) in [6.07, 6.45) is 5.29. The number of thiazole rings is 1. The standard InChI is InChI=1S/C15H29N3S/c1-14(2)10-16-8-6-4-5-7-9-18(3)11-15-12-19-13-17-15/h12-14,16H,4-11H2,1-3H3. The van der Waals surface area contributed by atoms with Crippen LogP contribution in [-0.4, -0.2) is 36.6 Å². The van der Waals surface area contributed by atoms with E-state index in [9.17, 15) is 0 Å². The van der Waals surface area contributed by atoms with Gasteiger partial charge < -0.3 is 10.2 Å². The summed E-state index contributed by atoms with van der Waals surface area (Å²) in [5.74, 6) is 0.763. The summed E-state index contributed by atoms with van der Waals surface area (Å²) >= 11 is 1.68. The van der Waals surface area contributed by atoms with Crippen LogP contribution in [0.4, 0.5) is 0 Å². The summed E-state index contributed by atoms with van der Waals surface area (Å²) in [4.78, 5) is 6.68. The predicted molar refractivity (Wildman–Crippen MR) is 84.6 cm³/mol. The molecule has 110 valence electrons. The van der Waals surface area contributed by atoms with E-state index in [1.165, 1.54) is 44.5 Å². The van der Waals surface area contributed by atoms with Gasteiger partial charge in [-0.3, -0.25) is 0 Å². The maximum Gasteiger partial charge on any atom is 0.0795 e. The van der Waals surface area contributed by atoms with Gasteiger partial charge in [-0.05, 0) is 45.4 Å². The van der Waals surface area contributed by atoms with E-state index in [1.807, 2.05) is 5.51 Å². The third kappa shape index (κ3) is 9.14. The van der Waals surface area contributed by atoms with Crippen molar-refractivity contribution in [2.24, 2.45) is 5.92 Å². The second kappa shape index (κ2) is 10.4. The summed E-state index contributed by atoms with van der Waals surface area (Å²) < 4.78 is 0. The van der Waals surface area contributed by atoms with Gasteiger partial charge in [0, 0.05) is 11.9 Å². The Labute approximate surface area is 122 Å². The highest BCUT2D eigenvalue weighted by Gasteiger charge is 2.01. The van der Waals surface area contributed by atoms with Crippen molar-refractivity contribution in [3.05, 3.63) is 16.6 Å². The highest BCUT2D eigenvalue weighted by Crippen LogP contribution is 2.06. The van der Waals surface area contributed by atoms with Crippen LogP contribution in [0.5, 0.6) is 0 Å². The third-order valence-electron chi connectivity index (χ3n) is 3.11. The minimum absolute atomic E-state index is 0.763. The van der Waals surface area contributed by atoms with Crippen molar-refractivity contribution in [2.75, 3.05) is 26.7 Å². The number of unbranched alkanes of at least 4 members (excludes halogenated alkanes) is 3. The summed E-state index contributed by atoms with van der Waals surface area (Å²) in [7, 11) is 2.18. The zero-order chi connectivity index (χ0) is 13.9. The van der Waals surface area contributed by atoms with E-state index in [-0.39, 0.29) is 0 Å². The molecule has 0 saturated carbocycles. The smallest absolute Gasteiger partial charge is 0.0795 e. The van der Waals surface area contributed by atoms with E-state index in [4.69, 9.17) is 0 Å². The molecule has 1 rings (SSSR count). The van der Waals surface area contributed by atoms with E-state index in [0.717, 1.165) is 19.0 Å². The molecule has 0 unspecified atom stereocenters. The van der Waals surface area contributed by atoms with Crippen molar-refractivity contribution in [1.29, 1.82) is 0 Å². The average Bonchev–Trinajstić information content (AvgIpc) is 2.85. The normalized spacial score (nSPS) is 11.6. The average molecular weight is 283 g/mol. The highest BCUT2D eigenvalue weighted by molar-refractivity contribution is 7.07. The SMILES string of the molecule is CC(C)CNCCCCCCN(C)Cc1cscn1.